The second-order valence-corrected chi connectivity index (χ2v) is 5.20. The van der Waals surface area contributed by atoms with Gasteiger partial charge in [0.05, 0.1) is 11.3 Å². The molecule has 0 saturated carbocycles. The van der Waals surface area contributed by atoms with Crippen LogP contribution in [0.15, 0.2) is 18.5 Å². The highest BCUT2D eigenvalue weighted by Crippen LogP contribution is 2.09. The van der Waals surface area contributed by atoms with E-state index in [1.807, 2.05) is 6.07 Å². The Morgan fingerprint density at radius 3 is 2.79 bits per heavy atom. The summed E-state index contributed by atoms with van der Waals surface area (Å²) in [5.74, 6) is 0.517. The minimum atomic E-state index is -0.0446. The van der Waals surface area contributed by atoms with Crippen molar-refractivity contribution >= 4 is 11.6 Å². The fourth-order valence-corrected chi connectivity index (χ4v) is 1.66. The molecule has 4 nitrogen and oxygen atoms in total. The van der Waals surface area contributed by atoms with Crippen LogP contribution in [0.3, 0.4) is 0 Å². The molecule has 0 aliphatic heterocycles. The normalized spacial score (nSPS) is 10.5. The van der Waals surface area contributed by atoms with E-state index in [4.69, 9.17) is 0 Å². The second-order valence-electron chi connectivity index (χ2n) is 5.20. The number of hydrogen-bond donors (Lipinski definition) is 2. The topological polar surface area (TPSA) is 54.0 Å². The summed E-state index contributed by atoms with van der Waals surface area (Å²) >= 11 is 0. The molecule has 0 aliphatic rings. The first-order valence-electron chi connectivity index (χ1n) is 7.10. The highest BCUT2D eigenvalue weighted by Gasteiger charge is 2.06. The molecule has 0 spiro atoms. The zero-order chi connectivity index (χ0) is 14.1. The van der Waals surface area contributed by atoms with E-state index in [2.05, 4.69) is 36.4 Å². The van der Waals surface area contributed by atoms with Crippen molar-refractivity contribution in [2.75, 3.05) is 18.4 Å². The molecule has 0 fully saturated rings. The first-order chi connectivity index (χ1) is 9.13. The van der Waals surface area contributed by atoms with Gasteiger partial charge >= 0.3 is 0 Å². The zero-order valence-electron chi connectivity index (χ0n) is 12.2. The van der Waals surface area contributed by atoms with E-state index in [0.717, 1.165) is 38.0 Å². The van der Waals surface area contributed by atoms with Crippen LogP contribution in [-0.4, -0.2) is 24.0 Å². The quantitative estimate of drug-likeness (QED) is 0.709. The third-order valence-corrected chi connectivity index (χ3v) is 2.78. The minimum Gasteiger partial charge on any atom is -0.384 e. The zero-order valence-corrected chi connectivity index (χ0v) is 12.2. The van der Waals surface area contributed by atoms with Crippen LogP contribution < -0.4 is 10.6 Å². The van der Waals surface area contributed by atoms with Crippen LogP contribution >= 0.6 is 0 Å². The number of aromatic nitrogens is 1. The van der Waals surface area contributed by atoms with Crippen LogP contribution in [0.2, 0.25) is 0 Å². The standard InChI is InChI=1S/C15H25N3O/c1-4-5-6-7-17-15(19)13-8-14(11-16-10-13)18-9-12(2)3/h8,10-12,18H,4-7,9H2,1-3H3,(H,17,19). The van der Waals surface area contributed by atoms with Crippen LogP contribution in [0.5, 0.6) is 0 Å². The molecule has 1 aromatic heterocycles. The summed E-state index contributed by atoms with van der Waals surface area (Å²) in [6.45, 7) is 8.05. The van der Waals surface area contributed by atoms with E-state index in [1.165, 1.54) is 0 Å². The molecule has 106 valence electrons. The number of carbonyl (C=O) groups is 1. The van der Waals surface area contributed by atoms with E-state index in [0.29, 0.717) is 11.5 Å². The Hall–Kier alpha value is -1.58. The number of nitrogens with zero attached hydrogens (tertiary/aromatic N) is 1. The summed E-state index contributed by atoms with van der Waals surface area (Å²) in [5.41, 5.74) is 1.51. The number of pyridine rings is 1. The van der Waals surface area contributed by atoms with E-state index in [1.54, 1.807) is 12.4 Å². The van der Waals surface area contributed by atoms with Crippen molar-refractivity contribution in [3.05, 3.63) is 24.0 Å². The number of nitrogens with one attached hydrogen (secondary N) is 2. The van der Waals surface area contributed by atoms with Gasteiger partial charge in [0.1, 0.15) is 0 Å². The lowest BCUT2D eigenvalue weighted by atomic mass is 10.2. The van der Waals surface area contributed by atoms with Crippen molar-refractivity contribution in [1.82, 2.24) is 10.3 Å². The molecule has 1 rings (SSSR count). The molecule has 0 radical (unpaired) electrons. The van der Waals surface area contributed by atoms with Crippen LogP contribution in [0.25, 0.3) is 0 Å². The van der Waals surface area contributed by atoms with Gasteiger partial charge in [-0.25, -0.2) is 0 Å². The molecule has 0 aliphatic carbocycles. The molecular weight excluding hydrogens is 238 g/mol. The summed E-state index contributed by atoms with van der Waals surface area (Å²) in [4.78, 5) is 16.0. The average molecular weight is 263 g/mol. The minimum absolute atomic E-state index is 0.0446. The summed E-state index contributed by atoms with van der Waals surface area (Å²) in [6.07, 6.45) is 6.69. The fourth-order valence-electron chi connectivity index (χ4n) is 1.66. The van der Waals surface area contributed by atoms with Crippen molar-refractivity contribution in [2.24, 2.45) is 5.92 Å². The number of unbranched alkanes of at least 4 members (excludes halogenated alkanes) is 2. The predicted octanol–water partition coefficient (Wildman–Crippen LogP) is 3.07. The summed E-state index contributed by atoms with van der Waals surface area (Å²) < 4.78 is 0. The fraction of sp³-hybridized carbons (Fsp3) is 0.600. The number of rotatable bonds is 8. The first-order valence-corrected chi connectivity index (χ1v) is 7.10. The Morgan fingerprint density at radius 2 is 2.11 bits per heavy atom. The number of amides is 1. The van der Waals surface area contributed by atoms with Crippen LogP contribution in [0.4, 0.5) is 5.69 Å². The molecule has 0 bridgehead atoms. The van der Waals surface area contributed by atoms with Gasteiger partial charge in [0.2, 0.25) is 0 Å². The van der Waals surface area contributed by atoms with Gasteiger partial charge in [0, 0.05) is 25.5 Å². The number of hydrogen-bond acceptors (Lipinski definition) is 3. The van der Waals surface area contributed by atoms with E-state index in [-0.39, 0.29) is 5.91 Å². The molecule has 0 atom stereocenters. The summed E-state index contributed by atoms with van der Waals surface area (Å²) in [7, 11) is 0. The van der Waals surface area contributed by atoms with Crippen LogP contribution in [-0.2, 0) is 0 Å². The maximum absolute atomic E-state index is 11.9. The van der Waals surface area contributed by atoms with Crippen molar-refractivity contribution < 1.29 is 4.79 Å². The SMILES string of the molecule is CCCCCNC(=O)c1cncc(NCC(C)C)c1. The second kappa shape index (κ2) is 8.51. The van der Waals surface area contributed by atoms with Gasteiger partial charge in [0.15, 0.2) is 0 Å². The smallest absolute Gasteiger partial charge is 0.252 e. The molecular formula is C15H25N3O. The maximum atomic E-state index is 11.9. The third-order valence-electron chi connectivity index (χ3n) is 2.78. The summed E-state index contributed by atoms with van der Waals surface area (Å²) in [6, 6.07) is 1.85. The maximum Gasteiger partial charge on any atom is 0.252 e. The van der Waals surface area contributed by atoms with Crippen LogP contribution in [0.1, 0.15) is 50.4 Å². The Morgan fingerprint density at radius 1 is 1.32 bits per heavy atom. The van der Waals surface area contributed by atoms with Crippen LogP contribution in [0, 0.1) is 5.92 Å². The van der Waals surface area contributed by atoms with Crippen molar-refractivity contribution in [3.8, 4) is 0 Å². The predicted molar refractivity (Wildman–Crippen MR) is 79.4 cm³/mol. The lowest BCUT2D eigenvalue weighted by molar-refractivity contribution is 0.0952. The van der Waals surface area contributed by atoms with Gasteiger partial charge in [-0.15, -0.1) is 0 Å². The van der Waals surface area contributed by atoms with E-state index < -0.39 is 0 Å². The van der Waals surface area contributed by atoms with Gasteiger partial charge in [0.25, 0.3) is 5.91 Å². The Labute approximate surface area is 116 Å². The highest BCUT2D eigenvalue weighted by molar-refractivity contribution is 5.94. The van der Waals surface area contributed by atoms with Gasteiger partial charge in [-0.1, -0.05) is 33.6 Å². The lowest BCUT2D eigenvalue weighted by Gasteiger charge is -2.10. The summed E-state index contributed by atoms with van der Waals surface area (Å²) in [5, 5.41) is 6.19. The first kappa shape index (κ1) is 15.5. The average Bonchev–Trinajstić information content (AvgIpc) is 2.41. The van der Waals surface area contributed by atoms with Gasteiger partial charge in [-0.05, 0) is 18.4 Å². The molecule has 2 N–H and O–H groups in total. The Balaban J connectivity index is 2.48. The molecule has 0 aromatic carbocycles. The molecule has 1 heterocycles. The molecule has 0 unspecified atom stereocenters. The number of carbonyl (C=O) groups excluding carboxylic acids is 1. The van der Waals surface area contributed by atoms with Crippen molar-refractivity contribution in [1.29, 1.82) is 0 Å². The molecule has 0 saturated heterocycles. The Kier molecular flexibility index (Phi) is 6.93. The van der Waals surface area contributed by atoms with E-state index >= 15 is 0 Å². The lowest BCUT2D eigenvalue weighted by Crippen LogP contribution is -2.24. The number of anilines is 1. The molecule has 19 heavy (non-hydrogen) atoms. The van der Waals surface area contributed by atoms with Gasteiger partial charge < -0.3 is 10.6 Å². The highest BCUT2D eigenvalue weighted by atomic mass is 16.1. The van der Waals surface area contributed by atoms with Crippen molar-refractivity contribution in [3.63, 3.8) is 0 Å². The third kappa shape index (κ3) is 6.22. The molecule has 1 amide bonds. The Bertz CT molecular complexity index is 391. The monoisotopic (exact) mass is 263 g/mol. The van der Waals surface area contributed by atoms with E-state index in [9.17, 15) is 4.79 Å². The molecule has 1 aromatic rings. The molecule has 4 heteroatoms. The van der Waals surface area contributed by atoms with Crippen molar-refractivity contribution in [2.45, 2.75) is 40.0 Å². The van der Waals surface area contributed by atoms with Gasteiger partial charge in [-0.2, -0.15) is 0 Å². The van der Waals surface area contributed by atoms with Gasteiger partial charge in [-0.3, -0.25) is 9.78 Å². The largest absolute Gasteiger partial charge is 0.384 e.